The maximum Gasteiger partial charge on any atom is 0.373 e. The fourth-order valence-electron chi connectivity index (χ4n) is 1.80. The van der Waals surface area contributed by atoms with E-state index < -0.39 is 4.92 Å². The van der Waals surface area contributed by atoms with Crippen molar-refractivity contribution in [3.63, 3.8) is 0 Å². The van der Waals surface area contributed by atoms with Crippen LogP contribution < -0.4 is 9.64 Å². The molecule has 0 aliphatic heterocycles. The summed E-state index contributed by atoms with van der Waals surface area (Å²) in [6.45, 7) is 3.93. The van der Waals surface area contributed by atoms with Gasteiger partial charge >= 0.3 is 11.6 Å². The summed E-state index contributed by atoms with van der Waals surface area (Å²) in [5.41, 5.74) is 1.91. The van der Waals surface area contributed by atoms with Crippen molar-refractivity contribution in [3.05, 3.63) is 45.8 Å². The van der Waals surface area contributed by atoms with E-state index in [-0.39, 0.29) is 17.4 Å². The molecule has 0 radical (unpaired) electrons. The summed E-state index contributed by atoms with van der Waals surface area (Å²) in [5, 5.41) is 11.3. The number of hydrogen-bond donors (Lipinski definition) is 0. The van der Waals surface area contributed by atoms with E-state index in [0.29, 0.717) is 5.75 Å². The lowest BCUT2D eigenvalue weighted by Gasteiger charge is -2.13. The molecule has 0 atom stereocenters. The Hall–Kier alpha value is -2.70. The minimum atomic E-state index is -0.536. The van der Waals surface area contributed by atoms with E-state index in [1.54, 1.807) is 25.1 Å². The van der Waals surface area contributed by atoms with E-state index in [2.05, 4.69) is 9.97 Å². The van der Waals surface area contributed by atoms with Crippen LogP contribution in [0.5, 0.6) is 11.6 Å². The third kappa shape index (κ3) is 3.07. The van der Waals surface area contributed by atoms with Gasteiger partial charge in [-0.15, -0.1) is 0 Å². The second-order valence-corrected chi connectivity index (χ2v) is 4.85. The van der Waals surface area contributed by atoms with Crippen molar-refractivity contribution in [1.29, 1.82) is 0 Å². The van der Waals surface area contributed by atoms with Crippen molar-refractivity contribution >= 4 is 11.5 Å². The number of benzene rings is 1. The van der Waals surface area contributed by atoms with E-state index in [1.807, 2.05) is 26.0 Å². The zero-order chi connectivity index (χ0) is 15.6. The molecule has 7 nitrogen and oxygen atoms in total. The molecule has 0 saturated heterocycles. The van der Waals surface area contributed by atoms with Crippen LogP contribution in [0.15, 0.2) is 24.5 Å². The highest BCUT2D eigenvalue weighted by Gasteiger charge is 2.26. The summed E-state index contributed by atoms with van der Waals surface area (Å²) in [4.78, 5) is 20.1. The first-order valence-electron chi connectivity index (χ1n) is 6.32. The lowest BCUT2D eigenvalue weighted by Crippen LogP contribution is -2.14. The van der Waals surface area contributed by atoms with E-state index in [1.165, 1.54) is 6.33 Å². The molecule has 0 aliphatic rings. The second kappa shape index (κ2) is 5.74. The van der Waals surface area contributed by atoms with Gasteiger partial charge in [0, 0.05) is 14.1 Å². The summed E-state index contributed by atoms with van der Waals surface area (Å²) in [6.07, 6.45) is 1.25. The Morgan fingerprint density at radius 1 is 1.19 bits per heavy atom. The molecule has 110 valence electrons. The molecular weight excluding hydrogens is 272 g/mol. The smallest absolute Gasteiger partial charge is 0.373 e. The van der Waals surface area contributed by atoms with Crippen molar-refractivity contribution in [2.75, 3.05) is 19.0 Å². The van der Waals surface area contributed by atoms with Crippen LogP contribution in [0, 0.1) is 24.0 Å². The average Bonchev–Trinajstić information content (AvgIpc) is 2.42. The van der Waals surface area contributed by atoms with Crippen LogP contribution in [0.25, 0.3) is 0 Å². The fraction of sp³-hybridized carbons (Fsp3) is 0.286. The van der Waals surface area contributed by atoms with Crippen LogP contribution in [-0.2, 0) is 0 Å². The molecule has 0 amide bonds. The average molecular weight is 288 g/mol. The molecule has 2 aromatic rings. The van der Waals surface area contributed by atoms with Gasteiger partial charge in [-0.25, -0.2) is 4.98 Å². The summed E-state index contributed by atoms with van der Waals surface area (Å²) >= 11 is 0. The first-order valence-corrected chi connectivity index (χ1v) is 6.32. The molecule has 0 spiro atoms. The predicted molar refractivity (Wildman–Crippen MR) is 79.0 cm³/mol. The van der Waals surface area contributed by atoms with Gasteiger partial charge in [0.2, 0.25) is 5.82 Å². The molecular formula is C14H16N4O3. The van der Waals surface area contributed by atoms with Crippen molar-refractivity contribution in [1.82, 2.24) is 9.97 Å². The number of anilines is 1. The number of nitrogens with zero attached hydrogens (tertiary/aromatic N) is 4. The fourth-order valence-corrected chi connectivity index (χ4v) is 1.80. The van der Waals surface area contributed by atoms with Gasteiger partial charge in [0.15, 0.2) is 0 Å². The van der Waals surface area contributed by atoms with E-state index in [9.17, 15) is 10.1 Å². The SMILES string of the molecule is Cc1ccc(Oc2ncnc(N(C)C)c2[N+](=O)[O-])cc1C. The van der Waals surface area contributed by atoms with E-state index >= 15 is 0 Å². The van der Waals surface area contributed by atoms with Crippen LogP contribution >= 0.6 is 0 Å². The van der Waals surface area contributed by atoms with Crippen LogP contribution in [0.1, 0.15) is 11.1 Å². The highest BCUT2D eigenvalue weighted by Crippen LogP contribution is 2.35. The molecule has 0 aliphatic carbocycles. The number of nitro groups is 1. The van der Waals surface area contributed by atoms with Gasteiger partial charge in [-0.1, -0.05) is 6.07 Å². The lowest BCUT2D eigenvalue weighted by molar-refractivity contribution is -0.385. The maximum atomic E-state index is 11.3. The molecule has 1 heterocycles. The van der Waals surface area contributed by atoms with Gasteiger partial charge in [-0.3, -0.25) is 10.1 Å². The van der Waals surface area contributed by atoms with Crippen molar-refractivity contribution < 1.29 is 9.66 Å². The highest BCUT2D eigenvalue weighted by molar-refractivity contribution is 5.62. The van der Waals surface area contributed by atoms with Gasteiger partial charge in [0.05, 0.1) is 4.92 Å². The van der Waals surface area contributed by atoms with Gasteiger partial charge in [-0.05, 0) is 37.1 Å². The van der Waals surface area contributed by atoms with Crippen molar-refractivity contribution in [2.24, 2.45) is 0 Å². The van der Waals surface area contributed by atoms with Crippen LogP contribution in [-0.4, -0.2) is 29.0 Å². The number of ether oxygens (including phenoxy) is 1. The van der Waals surface area contributed by atoms with Gasteiger partial charge in [0.25, 0.3) is 0 Å². The summed E-state index contributed by atoms with van der Waals surface area (Å²) < 4.78 is 5.58. The normalized spacial score (nSPS) is 10.3. The Bertz CT molecular complexity index is 686. The Morgan fingerprint density at radius 3 is 2.48 bits per heavy atom. The van der Waals surface area contributed by atoms with Gasteiger partial charge in [0.1, 0.15) is 12.1 Å². The van der Waals surface area contributed by atoms with Crippen LogP contribution in [0.2, 0.25) is 0 Å². The van der Waals surface area contributed by atoms with E-state index in [4.69, 9.17) is 4.74 Å². The Kier molecular flexibility index (Phi) is 4.02. The molecule has 0 fully saturated rings. The lowest BCUT2D eigenvalue weighted by atomic mass is 10.1. The third-order valence-corrected chi connectivity index (χ3v) is 3.07. The monoisotopic (exact) mass is 288 g/mol. The zero-order valence-corrected chi connectivity index (χ0v) is 12.3. The molecule has 21 heavy (non-hydrogen) atoms. The first kappa shape index (κ1) is 14.7. The Balaban J connectivity index is 2.46. The maximum absolute atomic E-state index is 11.3. The zero-order valence-electron chi connectivity index (χ0n) is 12.3. The Morgan fingerprint density at radius 2 is 1.90 bits per heavy atom. The minimum absolute atomic E-state index is 0.0676. The van der Waals surface area contributed by atoms with Crippen LogP contribution in [0.3, 0.4) is 0 Å². The predicted octanol–water partition coefficient (Wildman–Crippen LogP) is 2.86. The second-order valence-electron chi connectivity index (χ2n) is 4.85. The largest absolute Gasteiger partial charge is 0.434 e. The molecule has 0 N–H and O–H groups in total. The summed E-state index contributed by atoms with van der Waals surface area (Å²) in [6, 6.07) is 5.46. The van der Waals surface area contributed by atoms with Gasteiger partial charge in [-0.2, -0.15) is 4.98 Å². The van der Waals surface area contributed by atoms with E-state index in [0.717, 1.165) is 11.1 Å². The Labute approximate surface area is 122 Å². The van der Waals surface area contributed by atoms with Crippen LogP contribution in [0.4, 0.5) is 11.5 Å². The number of aryl methyl sites for hydroxylation is 2. The molecule has 1 aromatic carbocycles. The molecule has 0 bridgehead atoms. The molecule has 0 unspecified atom stereocenters. The molecule has 2 rings (SSSR count). The summed E-state index contributed by atoms with van der Waals surface area (Å²) in [7, 11) is 3.35. The number of hydrogen-bond acceptors (Lipinski definition) is 6. The highest BCUT2D eigenvalue weighted by atomic mass is 16.6. The standard InChI is InChI=1S/C14H16N4O3/c1-9-5-6-11(7-10(9)2)21-14-12(18(19)20)13(17(3)4)15-8-16-14/h5-8H,1-4H3. The van der Waals surface area contributed by atoms with Crippen molar-refractivity contribution in [2.45, 2.75) is 13.8 Å². The summed E-state index contributed by atoms with van der Waals surface area (Å²) in [5.74, 6) is 0.639. The third-order valence-electron chi connectivity index (χ3n) is 3.07. The molecule has 1 aromatic heterocycles. The first-order chi connectivity index (χ1) is 9.90. The van der Waals surface area contributed by atoms with Gasteiger partial charge < -0.3 is 9.64 Å². The minimum Gasteiger partial charge on any atom is -0.434 e. The molecule has 0 saturated carbocycles. The number of aromatic nitrogens is 2. The molecule has 7 heteroatoms. The quantitative estimate of drug-likeness (QED) is 0.635. The number of rotatable bonds is 4. The van der Waals surface area contributed by atoms with Crippen molar-refractivity contribution in [3.8, 4) is 11.6 Å². The topological polar surface area (TPSA) is 81.4 Å².